The summed E-state index contributed by atoms with van der Waals surface area (Å²) in [7, 11) is 0. The van der Waals surface area contributed by atoms with E-state index in [1.165, 1.54) is 5.57 Å². The molecular weight excluding hydrogens is 144 g/mol. The van der Waals surface area contributed by atoms with E-state index in [9.17, 15) is 0 Å². The maximum atomic E-state index is 2.37. The first-order valence-corrected chi connectivity index (χ1v) is 4.78. The van der Waals surface area contributed by atoms with Gasteiger partial charge in [0.25, 0.3) is 0 Å². The van der Waals surface area contributed by atoms with Crippen molar-refractivity contribution in [2.75, 3.05) is 0 Å². The molecule has 0 radical (unpaired) electrons. The Morgan fingerprint density at radius 1 is 1.25 bits per heavy atom. The fourth-order valence-corrected chi connectivity index (χ4v) is 2.08. The normalized spacial score (nSPS) is 30.2. The maximum Gasteiger partial charge on any atom is -0.0121 e. The quantitative estimate of drug-likeness (QED) is 0.511. The summed E-state index contributed by atoms with van der Waals surface area (Å²) in [5.41, 5.74) is 1.80. The van der Waals surface area contributed by atoms with Gasteiger partial charge in [0, 0.05) is 0 Å². The third-order valence-electron chi connectivity index (χ3n) is 2.66. The zero-order valence-corrected chi connectivity index (χ0v) is 8.89. The van der Waals surface area contributed by atoms with Crippen LogP contribution in [0.4, 0.5) is 0 Å². The van der Waals surface area contributed by atoms with E-state index in [1.807, 2.05) is 0 Å². The Hall–Kier alpha value is -0.520. The first-order chi connectivity index (χ1) is 5.41. The van der Waals surface area contributed by atoms with Gasteiger partial charge in [-0.1, -0.05) is 51.5 Å². The van der Waals surface area contributed by atoms with Crippen LogP contribution in [0.2, 0.25) is 0 Å². The lowest BCUT2D eigenvalue weighted by Gasteiger charge is -2.34. The van der Waals surface area contributed by atoms with E-state index in [0.29, 0.717) is 17.3 Å². The predicted molar refractivity (Wildman–Crippen MR) is 55.0 cm³/mol. The topological polar surface area (TPSA) is 0 Å². The molecule has 0 amide bonds. The lowest BCUT2D eigenvalue weighted by Crippen LogP contribution is -2.25. The summed E-state index contributed by atoms with van der Waals surface area (Å²) in [6.45, 7) is 11.4. The summed E-state index contributed by atoms with van der Waals surface area (Å²) < 4.78 is 0. The molecule has 2 unspecified atom stereocenters. The molecule has 0 spiro atoms. The molecule has 0 aromatic rings. The number of hydrogen-bond acceptors (Lipinski definition) is 0. The Morgan fingerprint density at radius 2 is 1.83 bits per heavy atom. The Morgan fingerprint density at radius 3 is 2.25 bits per heavy atom. The van der Waals surface area contributed by atoms with Gasteiger partial charge in [-0.05, 0) is 24.2 Å². The third kappa shape index (κ3) is 2.00. The standard InChI is InChI=1S/C12H20/c1-9-6-7-11(10(2)8-9)12(3,4)5/h6-8,10-11H,1-5H3. The molecule has 0 bridgehead atoms. The van der Waals surface area contributed by atoms with E-state index in [2.05, 4.69) is 52.8 Å². The minimum Gasteiger partial charge on any atom is -0.0801 e. The van der Waals surface area contributed by atoms with Crippen molar-refractivity contribution in [2.45, 2.75) is 34.6 Å². The Labute approximate surface area is 76.4 Å². The lowest BCUT2D eigenvalue weighted by atomic mass is 9.71. The predicted octanol–water partition coefficient (Wildman–Crippen LogP) is 3.80. The summed E-state index contributed by atoms with van der Waals surface area (Å²) >= 11 is 0. The molecule has 68 valence electrons. The van der Waals surface area contributed by atoms with Crippen LogP contribution in [0.3, 0.4) is 0 Å². The molecule has 0 aliphatic heterocycles. The van der Waals surface area contributed by atoms with Crippen molar-refractivity contribution in [3.05, 3.63) is 23.8 Å². The molecule has 2 atom stereocenters. The monoisotopic (exact) mass is 164 g/mol. The number of allylic oxidation sites excluding steroid dienone is 4. The van der Waals surface area contributed by atoms with Crippen LogP contribution in [0.5, 0.6) is 0 Å². The van der Waals surface area contributed by atoms with E-state index in [4.69, 9.17) is 0 Å². The van der Waals surface area contributed by atoms with Gasteiger partial charge in [0.15, 0.2) is 0 Å². The minimum atomic E-state index is 0.396. The van der Waals surface area contributed by atoms with E-state index in [-0.39, 0.29) is 0 Å². The molecule has 0 aromatic heterocycles. The van der Waals surface area contributed by atoms with Crippen molar-refractivity contribution in [1.29, 1.82) is 0 Å². The number of rotatable bonds is 0. The van der Waals surface area contributed by atoms with E-state index >= 15 is 0 Å². The van der Waals surface area contributed by atoms with Gasteiger partial charge in [0.1, 0.15) is 0 Å². The van der Waals surface area contributed by atoms with Crippen molar-refractivity contribution in [3.63, 3.8) is 0 Å². The van der Waals surface area contributed by atoms with E-state index in [0.717, 1.165) is 0 Å². The smallest absolute Gasteiger partial charge is 0.0121 e. The highest BCUT2D eigenvalue weighted by molar-refractivity contribution is 5.24. The molecule has 0 saturated heterocycles. The Kier molecular flexibility index (Phi) is 2.46. The lowest BCUT2D eigenvalue weighted by molar-refractivity contribution is 0.243. The van der Waals surface area contributed by atoms with Crippen LogP contribution in [0.25, 0.3) is 0 Å². The van der Waals surface area contributed by atoms with Crippen LogP contribution >= 0.6 is 0 Å². The van der Waals surface area contributed by atoms with Gasteiger partial charge in [-0.3, -0.25) is 0 Å². The Bertz CT molecular complexity index is 213. The highest BCUT2D eigenvalue weighted by atomic mass is 14.3. The summed E-state index contributed by atoms with van der Waals surface area (Å²) in [6, 6.07) is 0. The van der Waals surface area contributed by atoms with Crippen molar-refractivity contribution in [2.24, 2.45) is 17.3 Å². The molecule has 0 fully saturated rings. The second-order valence-electron chi connectivity index (χ2n) is 5.02. The molecule has 0 N–H and O–H groups in total. The van der Waals surface area contributed by atoms with Crippen LogP contribution in [0, 0.1) is 17.3 Å². The second-order valence-corrected chi connectivity index (χ2v) is 5.02. The molecular formula is C12H20. The first kappa shape index (κ1) is 9.57. The van der Waals surface area contributed by atoms with Crippen molar-refractivity contribution >= 4 is 0 Å². The van der Waals surface area contributed by atoms with Crippen LogP contribution in [0.1, 0.15) is 34.6 Å². The molecule has 0 nitrogen and oxygen atoms in total. The molecule has 0 heterocycles. The summed E-state index contributed by atoms with van der Waals surface area (Å²) in [5, 5.41) is 0. The molecule has 1 rings (SSSR count). The zero-order chi connectivity index (χ0) is 9.35. The summed E-state index contributed by atoms with van der Waals surface area (Å²) in [6.07, 6.45) is 6.98. The summed E-state index contributed by atoms with van der Waals surface area (Å²) in [4.78, 5) is 0. The molecule has 12 heavy (non-hydrogen) atoms. The summed E-state index contributed by atoms with van der Waals surface area (Å²) in [5.74, 6) is 1.39. The molecule has 1 aliphatic rings. The van der Waals surface area contributed by atoms with Crippen LogP contribution in [0.15, 0.2) is 23.8 Å². The maximum absolute atomic E-state index is 2.37. The minimum absolute atomic E-state index is 0.396. The SMILES string of the molecule is CC1=CC(C)C(C(C)(C)C)C=C1. The highest BCUT2D eigenvalue weighted by Crippen LogP contribution is 2.36. The van der Waals surface area contributed by atoms with Gasteiger partial charge in [-0.2, -0.15) is 0 Å². The van der Waals surface area contributed by atoms with Crippen LogP contribution < -0.4 is 0 Å². The number of hydrogen-bond donors (Lipinski definition) is 0. The molecule has 0 heteroatoms. The van der Waals surface area contributed by atoms with Gasteiger partial charge >= 0.3 is 0 Å². The van der Waals surface area contributed by atoms with Crippen molar-refractivity contribution in [1.82, 2.24) is 0 Å². The molecule has 0 aromatic carbocycles. The second kappa shape index (κ2) is 3.08. The fraction of sp³-hybridized carbons (Fsp3) is 0.667. The molecule has 1 aliphatic carbocycles. The molecule has 0 saturated carbocycles. The van der Waals surface area contributed by atoms with Gasteiger partial charge < -0.3 is 0 Å². The van der Waals surface area contributed by atoms with Gasteiger partial charge in [-0.15, -0.1) is 0 Å². The first-order valence-electron chi connectivity index (χ1n) is 4.78. The van der Waals surface area contributed by atoms with Gasteiger partial charge in [-0.25, -0.2) is 0 Å². The van der Waals surface area contributed by atoms with Gasteiger partial charge in [0.05, 0.1) is 0 Å². The Balaban J connectivity index is 2.80. The largest absolute Gasteiger partial charge is 0.0801 e. The van der Waals surface area contributed by atoms with Crippen LogP contribution in [-0.4, -0.2) is 0 Å². The third-order valence-corrected chi connectivity index (χ3v) is 2.66. The average molecular weight is 164 g/mol. The fourth-order valence-electron chi connectivity index (χ4n) is 2.08. The zero-order valence-electron chi connectivity index (χ0n) is 8.89. The van der Waals surface area contributed by atoms with E-state index < -0.39 is 0 Å². The highest BCUT2D eigenvalue weighted by Gasteiger charge is 2.27. The van der Waals surface area contributed by atoms with Crippen molar-refractivity contribution in [3.8, 4) is 0 Å². The van der Waals surface area contributed by atoms with E-state index in [1.54, 1.807) is 0 Å². The van der Waals surface area contributed by atoms with Gasteiger partial charge in [0.2, 0.25) is 0 Å². The van der Waals surface area contributed by atoms with Crippen LogP contribution in [-0.2, 0) is 0 Å². The average Bonchev–Trinajstić information content (AvgIpc) is 1.83. The van der Waals surface area contributed by atoms with Crippen molar-refractivity contribution < 1.29 is 0 Å².